The molecule has 8 aromatic carbocycles. The molecule has 0 aromatic heterocycles. The van der Waals surface area contributed by atoms with E-state index in [-0.39, 0.29) is 6.17 Å². The minimum atomic E-state index is -0.270. The van der Waals surface area contributed by atoms with Crippen molar-refractivity contribution < 1.29 is 0 Å². The van der Waals surface area contributed by atoms with E-state index in [4.69, 9.17) is 9.98 Å². The van der Waals surface area contributed by atoms with E-state index in [1.165, 1.54) is 55.6 Å². The second kappa shape index (κ2) is 13.0. The number of benzene rings is 8. The van der Waals surface area contributed by atoms with Gasteiger partial charge in [0.05, 0.1) is 10.7 Å². The first-order chi connectivity index (χ1) is 26.2. The molecule has 0 atom stereocenters. The fraction of sp³-hybridized carbons (Fsp3) is 0.0400. The van der Waals surface area contributed by atoms with E-state index in [0.717, 1.165) is 39.8 Å². The monoisotopic (exact) mass is 677 g/mol. The van der Waals surface area contributed by atoms with E-state index in [1.54, 1.807) is 0 Å². The molecule has 0 saturated heterocycles. The number of hydrogen-bond donors (Lipinski definition) is 0. The van der Waals surface area contributed by atoms with Crippen LogP contribution in [0.15, 0.2) is 204 Å². The van der Waals surface area contributed by atoms with Crippen molar-refractivity contribution in [3.63, 3.8) is 0 Å². The first-order valence-electron chi connectivity index (χ1n) is 18.2. The molecule has 2 aliphatic rings. The van der Waals surface area contributed by atoms with Crippen molar-refractivity contribution in [1.29, 1.82) is 0 Å². The largest absolute Gasteiger partial charge is 0.310 e. The van der Waals surface area contributed by atoms with Gasteiger partial charge >= 0.3 is 0 Å². The van der Waals surface area contributed by atoms with Crippen molar-refractivity contribution in [3.8, 4) is 44.5 Å². The first-order valence-corrected chi connectivity index (χ1v) is 18.2. The molecule has 0 unspecified atom stereocenters. The highest BCUT2D eigenvalue weighted by atomic mass is 15.1. The molecule has 53 heavy (non-hydrogen) atoms. The molecular weight excluding hydrogens is 643 g/mol. The van der Waals surface area contributed by atoms with Crippen molar-refractivity contribution in [2.24, 2.45) is 9.98 Å². The van der Waals surface area contributed by atoms with Crippen LogP contribution in [0.5, 0.6) is 0 Å². The van der Waals surface area contributed by atoms with Gasteiger partial charge < -0.3 is 4.90 Å². The number of nitrogens with zero attached hydrogens (tertiary/aromatic N) is 3. The zero-order valence-electron chi connectivity index (χ0n) is 29.1. The highest BCUT2D eigenvalue weighted by Gasteiger charge is 2.23. The van der Waals surface area contributed by atoms with Crippen LogP contribution in [0, 0.1) is 0 Å². The van der Waals surface area contributed by atoms with Crippen LogP contribution in [0.2, 0.25) is 0 Å². The fourth-order valence-corrected chi connectivity index (χ4v) is 7.91. The van der Waals surface area contributed by atoms with Gasteiger partial charge in [0.15, 0.2) is 6.17 Å². The van der Waals surface area contributed by atoms with Gasteiger partial charge in [-0.3, -0.25) is 9.98 Å². The third kappa shape index (κ3) is 5.73. The van der Waals surface area contributed by atoms with Gasteiger partial charge in [0, 0.05) is 17.1 Å². The Bertz CT molecular complexity index is 2620. The van der Waals surface area contributed by atoms with Crippen LogP contribution in [0.25, 0.3) is 44.5 Å². The van der Waals surface area contributed by atoms with Crippen molar-refractivity contribution in [2.45, 2.75) is 12.6 Å². The summed E-state index contributed by atoms with van der Waals surface area (Å²) in [6.45, 7) is 0. The van der Waals surface area contributed by atoms with Gasteiger partial charge in [-0.15, -0.1) is 0 Å². The molecule has 3 heteroatoms. The Morgan fingerprint density at radius 3 is 1.49 bits per heavy atom. The number of rotatable bonds is 7. The van der Waals surface area contributed by atoms with Crippen molar-refractivity contribution in [1.82, 2.24) is 0 Å². The maximum Gasteiger partial charge on any atom is 0.166 e. The molecule has 250 valence electrons. The molecular formula is C50H35N3. The van der Waals surface area contributed by atoms with Gasteiger partial charge in [0.2, 0.25) is 0 Å². The summed E-state index contributed by atoms with van der Waals surface area (Å²) in [5.74, 6) is 0. The lowest BCUT2D eigenvalue weighted by Crippen LogP contribution is -2.22. The Morgan fingerprint density at radius 1 is 0.358 bits per heavy atom. The molecule has 8 aromatic rings. The summed E-state index contributed by atoms with van der Waals surface area (Å²) < 4.78 is 0. The van der Waals surface area contributed by atoms with Gasteiger partial charge in [-0.1, -0.05) is 140 Å². The molecule has 1 heterocycles. The topological polar surface area (TPSA) is 28.0 Å². The minimum Gasteiger partial charge on any atom is -0.310 e. The minimum absolute atomic E-state index is 0.270. The fourth-order valence-electron chi connectivity index (χ4n) is 7.91. The second-order valence-corrected chi connectivity index (χ2v) is 13.8. The smallest absolute Gasteiger partial charge is 0.166 e. The van der Waals surface area contributed by atoms with E-state index < -0.39 is 0 Å². The normalized spacial score (nSPS) is 12.7. The van der Waals surface area contributed by atoms with Crippen molar-refractivity contribution in [3.05, 3.63) is 222 Å². The van der Waals surface area contributed by atoms with E-state index >= 15 is 0 Å². The SMILES string of the molecule is c1ccc(-c2cc3c(cc2-c2ccccc2)=NC(c2ccc4c(c2)-c2ccc(-c5cccc(N(c6ccccc6)c6ccccc6)c5)cc2C4)N=3)cc1. The van der Waals surface area contributed by atoms with E-state index in [0.29, 0.717) is 0 Å². The predicted octanol–water partition coefficient (Wildman–Crippen LogP) is 11.7. The molecule has 1 aliphatic heterocycles. The standard InChI is InChI=1S/C50H35N3/c1-5-14-34(15-6-1)46-32-48-49(33-47(46)35-16-7-2-8-17-35)52-50(51-48)39-25-24-38-29-40-28-37(26-27-44(40)45(38)31-39)36-18-13-23-43(30-36)53(41-19-9-3-10-20-41)42-21-11-4-12-22-42/h1-28,30-33,50H,29H2. The van der Waals surface area contributed by atoms with Crippen LogP contribution >= 0.6 is 0 Å². The molecule has 0 N–H and O–H groups in total. The van der Waals surface area contributed by atoms with Crippen LogP contribution in [-0.4, -0.2) is 0 Å². The highest BCUT2D eigenvalue weighted by molar-refractivity contribution is 5.85. The molecule has 0 fully saturated rings. The number of anilines is 3. The quantitative estimate of drug-likeness (QED) is 0.165. The third-order valence-electron chi connectivity index (χ3n) is 10.5. The van der Waals surface area contributed by atoms with Gasteiger partial charge in [-0.2, -0.15) is 0 Å². The lowest BCUT2D eigenvalue weighted by Gasteiger charge is -2.26. The summed E-state index contributed by atoms with van der Waals surface area (Å²) in [5.41, 5.74) is 16.9. The summed E-state index contributed by atoms with van der Waals surface area (Å²) in [6, 6.07) is 69.4. The van der Waals surface area contributed by atoms with Crippen LogP contribution < -0.4 is 15.6 Å². The molecule has 3 nitrogen and oxygen atoms in total. The van der Waals surface area contributed by atoms with Gasteiger partial charge in [0.1, 0.15) is 0 Å². The van der Waals surface area contributed by atoms with Crippen LogP contribution in [0.3, 0.4) is 0 Å². The average molecular weight is 678 g/mol. The second-order valence-electron chi connectivity index (χ2n) is 13.8. The maximum absolute atomic E-state index is 5.17. The van der Waals surface area contributed by atoms with Crippen molar-refractivity contribution in [2.75, 3.05) is 4.90 Å². The molecule has 0 radical (unpaired) electrons. The predicted molar refractivity (Wildman–Crippen MR) is 217 cm³/mol. The van der Waals surface area contributed by atoms with E-state index in [2.05, 4.69) is 199 Å². The molecule has 0 bridgehead atoms. The summed E-state index contributed by atoms with van der Waals surface area (Å²) in [7, 11) is 0. The summed E-state index contributed by atoms with van der Waals surface area (Å²) in [4.78, 5) is 12.7. The lowest BCUT2D eigenvalue weighted by atomic mass is 9.94. The van der Waals surface area contributed by atoms with Crippen LogP contribution in [0.1, 0.15) is 22.9 Å². The molecule has 10 rings (SSSR count). The number of para-hydroxylation sites is 2. The average Bonchev–Trinajstić information content (AvgIpc) is 3.82. The molecule has 0 spiro atoms. The van der Waals surface area contributed by atoms with Crippen LogP contribution in [0.4, 0.5) is 17.1 Å². The Morgan fingerprint density at radius 2 is 0.887 bits per heavy atom. The summed E-state index contributed by atoms with van der Waals surface area (Å²) in [5, 5.41) is 1.89. The van der Waals surface area contributed by atoms with E-state index in [1.807, 2.05) is 0 Å². The highest BCUT2D eigenvalue weighted by Crippen LogP contribution is 2.42. The lowest BCUT2D eigenvalue weighted by molar-refractivity contribution is 0.771. The molecule has 0 amide bonds. The van der Waals surface area contributed by atoms with Crippen molar-refractivity contribution >= 4 is 17.1 Å². The maximum atomic E-state index is 5.17. The Labute approximate surface area is 309 Å². The van der Waals surface area contributed by atoms with Gasteiger partial charge in [0.25, 0.3) is 0 Å². The number of fused-ring (bicyclic) bond motifs is 4. The number of hydrogen-bond acceptors (Lipinski definition) is 3. The Kier molecular flexibility index (Phi) is 7.62. The summed E-state index contributed by atoms with van der Waals surface area (Å²) >= 11 is 0. The Hall–Kier alpha value is -6.84. The third-order valence-corrected chi connectivity index (χ3v) is 10.5. The van der Waals surface area contributed by atoms with Gasteiger partial charge in [-0.25, -0.2) is 0 Å². The Balaban J connectivity index is 0.979. The zero-order chi connectivity index (χ0) is 35.1. The zero-order valence-corrected chi connectivity index (χ0v) is 29.1. The van der Waals surface area contributed by atoms with Crippen LogP contribution in [-0.2, 0) is 6.42 Å². The summed E-state index contributed by atoms with van der Waals surface area (Å²) in [6.07, 6.45) is 0.645. The molecule has 1 aliphatic carbocycles. The van der Waals surface area contributed by atoms with E-state index in [9.17, 15) is 0 Å². The molecule has 0 saturated carbocycles. The first kappa shape index (κ1) is 30.9. The van der Waals surface area contributed by atoms with Gasteiger partial charge in [-0.05, 0) is 122 Å².